The van der Waals surface area contributed by atoms with Gasteiger partial charge in [-0.1, -0.05) is 42.5 Å². The Morgan fingerprint density at radius 2 is 1.79 bits per heavy atom. The second kappa shape index (κ2) is 12.7. The molecule has 3 aromatic carbocycles. The highest BCUT2D eigenvalue weighted by Gasteiger charge is 2.31. The Balaban J connectivity index is 1.48. The number of phenols is 1. The molecule has 1 unspecified atom stereocenters. The molecule has 0 aromatic heterocycles. The number of aryl methyl sites for hydroxylation is 2. The summed E-state index contributed by atoms with van der Waals surface area (Å²) in [5, 5.41) is 21.0. The molecule has 0 saturated heterocycles. The third-order valence-corrected chi connectivity index (χ3v) is 7.19. The Hall–Kier alpha value is -4.99. The van der Waals surface area contributed by atoms with Crippen LogP contribution in [-0.4, -0.2) is 59.4 Å². The third kappa shape index (κ3) is 6.33. The minimum absolute atomic E-state index is 0.0426. The van der Waals surface area contributed by atoms with Crippen molar-refractivity contribution in [3.63, 3.8) is 0 Å². The van der Waals surface area contributed by atoms with Crippen molar-refractivity contribution < 1.29 is 24.2 Å². The smallest absolute Gasteiger partial charge is 0.325 e. The average Bonchev–Trinajstić information content (AvgIpc) is 3.25. The second-order valence-corrected chi connectivity index (χ2v) is 10.2. The van der Waals surface area contributed by atoms with Gasteiger partial charge in [0.25, 0.3) is 0 Å². The summed E-state index contributed by atoms with van der Waals surface area (Å²) in [5.74, 6) is -1.55. The fraction of sp³-hybridized carbons (Fsp3) is 0.281. The van der Waals surface area contributed by atoms with Crippen molar-refractivity contribution in [1.29, 1.82) is 0 Å². The number of nitrogens with one attached hydrogen (secondary N) is 1. The van der Waals surface area contributed by atoms with Gasteiger partial charge in [-0.25, -0.2) is 0 Å². The van der Waals surface area contributed by atoms with Gasteiger partial charge in [0, 0.05) is 12.6 Å². The molecule has 42 heavy (non-hydrogen) atoms. The molecule has 0 radical (unpaired) electrons. The number of benzene rings is 3. The van der Waals surface area contributed by atoms with Gasteiger partial charge in [-0.05, 0) is 75.1 Å². The number of anilines is 2. The number of hydrogen-bond donors (Lipinski definition) is 2. The first kappa shape index (κ1) is 30.0. The number of carbonyl (C=O) groups excluding carboxylic acids is 3. The van der Waals surface area contributed by atoms with Crippen LogP contribution in [0.15, 0.2) is 70.9 Å². The number of hydrazone groups is 2. The Morgan fingerprint density at radius 3 is 2.45 bits per heavy atom. The number of aromatic hydroxyl groups is 1. The van der Waals surface area contributed by atoms with Gasteiger partial charge in [-0.2, -0.15) is 15.2 Å². The van der Waals surface area contributed by atoms with Crippen LogP contribution in [0.1, 0.15) is 43.4 Å². The van der Waals surface area contributed by atoms with Crippen molar-refractivity contribution in [1.82, 2.24) is 4.90 Å². The molecule has 2 amide bonds. The van der Waals surface area contributed by atoms with E-state index in [2.05, 4.69) is 15.6 Å². The number of amides is 2. The number of rotatable bonds is 9. The van der Waals surface area contributed by atoms with E-state index in [4.69, 9.17) is 4.74 Å². The van der Waals surface area contributed by atoms with Crippen LogP contribution in [0.5, 0.6) is 5.75 Å². The fourth-order valence-corrected chi connectivity index (χ4v) is 4.54. The quantitative estimate of drug-likeness (QED) is 0.213. The van der Waals surface area contributed by atoms with E-state index in [1.165, 1.54) is 9.91 Å². The maximum atomic E-state index is 13.1. The first-order valence-corrected chi connectivity index (χ1v) is 13.7. The fourth-order valence-electron chi connectivity index (χ4n) is 4.54. The van der Waals surface area contributed by atoms with Crippen molar-refractivity contribution in [3.8, 4) is 16.9 Å². The normalized spacial score (nSPS) is 14.5. The molecule has 0 fully saturated rings. The lowest BCUT2D eigenvalue weighted by Crippen LogP contribution is -2.35. The van der Waals surface area contributed by atoms with Crippen molar-refractivity contribution in [2.24, 2.45) is 10.2 Å². The molecule has 1 atom stereocenters. The van der Waals surface area contributed by atoms with Gasteiger partial charge in [-0.3, -0.25) is 19.8 Å². The summed E-state index contributed by atoms with van der Waals surface area (Å²) in [5.41, 5.74) is 8.60. The highest BCUT2D eigenvalue weighted by atomic mass is 16.5. The second-order valence-electron chi connectivity index (χ2n) is 10.2. The van der Waals surface area contributed by atoms with Crippen molar-refractivity contribution in [2.75, 3.05) is 30.6 Å². The number of hydrogen-bond acceptors (Lipinski definition) is 8. The van der Waals surface area contributed by atoms with Gasteiger partial charge in [0.15, 0.2) is 5.71 Å². The monoisotopic (exact) mass is 569 g/mol. The molecule has 0 saturated carbocycles. The summed E-state index contributed by atoms with van der Waals surface area (Å²) in [6.07, 6.45) is 0. The number of nitrogens with zero attached hydrogens (tertiary/aromatic N) is 4. The molecule has 218 valence electrons. The molecule has 1 aliphatic heterocycles. The molecule has 10 nitrogen and oxygen atoms in total. The number of carbonyl (C=O) groups is 3. The number of phenolic OH excluding ortho intramolecular Hbond substituents is 1. The van der Waals surface area contributed by atoms with Crippen LogP contribution in [0.25, 0.3) is 11.1 Å². The molecule has 0 aliphatic carbocycles. The van der Waals surface area contributed by atoms with E-state index in [-0.39, 0.29) is 36.4 Å². The zero-order valence-electron chi connectivity index (χ0n) is 24.6. The first-order valence-electron chi connectivity index (χ1n) is 13.7. The Kier molecular flexibility index (Phi) is 9.05. The van der Waals surface area contributed by atoms with Gasteiger partial charge in [0.1, 0.15) is 12.3 Å². The zero-order chi connectivity index (χ0) is 30.6. The van der Waals surface area contributed by atoms with E-state index in [1.807, 2.05) is 56.3 Å². The minimum atomic E-state index is -0.479. The van der Waals surface area contributed by atoms with Crippen LogP contribution in [0.4, 0.5) is 11.4 Å². The van der Waals surface area contributed by atoms with E-state index in [9.17, 15) is 19.5 Å². The number of likely N-dealkylation sites (N-methyl/N-ethyl adjacent to an activating group) is 1. The first-order chi connectivity index (χ1) is 20.0. The standard InChI is InChI=1S/C32H35N5O5/c1-7-42-28(38)18-36(6)31(40)21(4)23-12-14-24(15-13-23)26-9-8-10-27(30(26)39)33-34-29-22(5)35-37(32(29)41)25-16-11-19(2)20(3)17-25/h8-17,21,33,39H,7,18H2,1-6H3. The molecule has 2 N–H and O–H groups in total. The molecule has 0 bridgehead atoms. The predicted molar refractivity (Wildman–Crippen MR) is 164 cm³/mol. The molecular weight excluding hydrogens is 534 g/mol. The van der Waals surface area contributed by atoms with Crippen LogP contribution in [-0.2, 0) is 19.1 Å². The summed E-state index contributed by atoms with van der Waals surface area (Å²) in [4.78, 5) is 39.0. The molecule has 3 aromatic rings. The molecule has 1 heterocycles. The highest BCUT2D eigenvalue weighted by molar-refractivity contribution is 6.71. The molecule has 4 rings (SSSR count). The maximum absolute atomic E-state index is 13.1. The van der Waals surface area contributed by atoms with Crippen LogP contribution in [0.3, 0.4) is 0 Å². The SMILES string of the molecule is CCOC(=O)CN(C)C(=O)C(C)c1ccc(-c2cccc(NN=C3C(=O)N(c4ccc(C)c(C)c4)N=C3C)c2O)cc1. The van der Waals surface area contributed by atoms with E-state index in [0.717, 1.165) is 22.3 Å². The Morgan fingerprint density at radius 1 is 1.07 bits per heavy atom. The van der Waals surface area contributed by atoms with Gasteiger partial charge in [0.05, 0.1) is 29.6 Å². The third-order valence-electron chi connectivity index (χ3n) is 7.19. The summed E-state index contributed by atoms with van der Waals surface area (Å²) in [7, 11) is 1.57. The molecular formula is C32H35N5O5. The van der Waals surface area contributed by atoms with Crippen molar-refractivity contribution in [3.05, 3.63) is 77.4 Å². The number of para-hydroxylation sites is 1. The maximum Gasteiger partial charge on any atom is 0.325 e. The lowest BCUT2D eigenvalue weighted by molar-refractivity contribution is -0.148. The largest absolute Gasteiger partial charge is 0.505 e. The molecule has 1 aliphatic rings. The van der Waals surface area contributed by atoms with Gasteiger partial charge in [0.2, 0.25) is 5.91 Å². The van der Waals surface area contributed by atoms with E-state index in [0.29, 0.717) is 22.6 Å². The van der Waals surface area contributed by atoms with Crippen LogP contribution in [0.2, 0.25) is 0 Å². The Labute approximate surface area is 245 Å². The molecule has 0 spiro atoms. The predicted octanol–water partition coefficient (Wildman–Crippen LogP) is 4.99. The van der Waals surface area contributed by atoms with E-state index in [1.54, 1.807) is 46.0 Å². The summed E-state index contributed by atoms with van der Waals surface area (Å²) >= 11 is 0. The highest BCUT2D eigenvalue weighted by Crippen LogP contribution is 2.36. The van der Waals surface area contributed by atoms with Gasteiger partial charge >= 0.3 is 11.9 Å². The van der Waals surface area contributed by atoms with E-state index >= 15 is 0 Å². The average molecular weight is 570 g/mol. The van der Waals surface area contributed by atoms with Crippen molar-refractivity contribution >= 4 is 40.6 Å². The van der Waals surface area contributed by atoms with Crippen LogP contribution < -0.4 is 10.4 Å². The van der Waals surface area contributed by atoms with Crippen LogP contribution >= 0.6 is 0 Å². The zero-order valence-corrected chi connectivity index (χ0v) is 24.6. The topological polar surface area (TPSA) is 124 Å². The van der Waals surface area contributed by atoms with Crippen LogP contribution in [0, 0.1) is 13.8 Å². The van der Waals surface area contributed by atoms with E-state index < -0.39 is 11.9 Å². The van der Waals surface area contributed by atoms with Gasteiger partial charge < -0.3 is 14.7 Å². The number of ether oxygens (including phenoxy) is 1. The minimum Gasteiger partial charge on any atom is -0.505 e. The number of esters is 1. The Bertz CT molecular complexity index is 1580. The molecule has 10 heteroatoms. The van der Waals surface area contributed by atoms with Crippen molar-refractivity contribution in [2.45, 2.75) is 40.5 Å². The lowest BCUT2D eigenvalue weighted by atomic mass is 9.96. The lowest BCUT2D eigenvalue weighted by Gasteiger charge is -2.21. The summed E-state index contributed by atoms with van der Waals surface area (Å²) in [6, 6.07) is 18.1. The summed E-state index contributed by atoms with van der Waals surface area (Å²) < 4.78 is 4.93. The van der Waals surface area contributed by atoms with Gasteiger partial charge in [-0.15, -0.1) is 0 Å². The summed E-state index contributed by atoms with van der Waals surface area (Å²) in [6.45, 7) is 9.31.